The number of carbonyl (C=O) groups excluding carboxylic acids is 1. The summed E-state index contributed by atoms with van der Waals surface area (Å²) in [7, 11) is 1.76. The zero-order valence-electron chi connectivity index (χ0n) is 10.3. The highest BCUT2D eigenvalue weighted by molar-refractivity contribution is 7.13. The number of hydrogen-bond acceptors (Lipinski definition) is 3. The van der Waals surface area contributed by atoms with Gasteiger partial charge in [-0.1, -0.05) is 23.2 Å². The summed E-state index contributed by atoms with van der Waals surface area (Å²) in [6.45, 7) is 3.73. The molecule has 96 valence electrons. The number of Topliss-reactive ketones (excluding diaryl/α,β-unsaturated/α-hetero) is 1. The Morgan fingerprint density at radius 1 is 1.44 bits per heavy atom. The van der Waals surface area contributed by atoms with Crippen molar-refractivity contribution >= 4 is 40.3 Å². The number of aromatic nitrogens is 2. The molecule has 0 unspecified atom stereocenters. The molecule has 2 aromatic rings. The molecular formula is C12H12Cl2N2OS. The fourth-order valence-corrected chi connectivity index (χ4v) is 3.21. The second-order valence-corrected chi connectivity index (χ2v) is 5.76. The number of ketones is 1. The van der Waals surface area contributed by atoms with Crippen LogP contribution in [-0.4, -0.2) is 15.6 Å². The Hall–Kier alpha value is -0.840. The normalized spacial score (nSPS) is 10.9. The summed E-state index contributed by atoms with van der Waals surface area (Å²) >= 11 is 13.6. The topological polar surface area (TPSA) is 34.9 Å². The van der Waals surface area contributed by atoms with Crippen LogP contribution in [0.25, 0.3) is 0 Å². The van der Waals surface area contributed by atoms with Gasteiger partial charge >= 0.3 is 0 Å². The van der Waals surface area contributed by atoms with Crippen LogP contribution in [0.1, 0.15) is 26.5 Å². The Balaban J connectivity index is 2.30. The molecule has 0 N–H and O–H groups in total. The largest absolute Gasteiger partial charge is 0.293 e. The molecule has 0 spiro atoms. The highest BCUT2D eigenvalue weighted by Gasteiger charge is 2.19. The van der Waals surface area contributed by atoms with Crippen LogP contribution in [0.2, 0.25) is 10.2 Å². The third kappa shape index (κ3) is 2.32. The quantitative estimate of drug-likeness (QED) is 0.808. The van der Waals surface area contributed by atoms with Gasteiger partial charge < -0.3 is 0 Å². The molecule has 2 aromatic heterocycles. The van der Waals surface area contributed by atoms with Gasteiger partial charge in [-0.3, -0.25) is 9.48 Å². The van der Waals surface area contributed by atoms with Gasteiger partial charge in [0.25, 0.3) is 0 Å². The lowest BCUT2D eigenvalue weighted by Crippen LogP contribution is -2.03. The molecule has 0 fully saturated rings. The minimum absolute atomic E-state index is 0.0175. The fourth-order valence-electron chi connectivity index (χ4n) is 1.73. The average Bonchev–Trinajstić information content (AvgIpc) is 2.75. The lowest BCUT2D eigenvalue weighted by molar-refractivity contribution is 0.0996. The minimum Gasteiger partial charge on any atom is -0.293 e. The highest BCUT2D eigenvalue weighted by Crippen LogP contribution is 2.29. The van der Waals surface area contributed by atoms with E-state index in [2.05, 4.69) is 5.10 Å². The van der Waals surface area contributed by atoms with Gasteiger partial charge in [-0.05, 0) is 24.8 Å². The molecule has 0 radical (unpaired) electrons. The van der Waals surface area contributed by atoms with E-state index in [-0.39, 0.29) is 12.2 Å². The first kappa shape index (κ1) is 13.6. The number of rotatable bonds is 3. The van der Waals surface area contributed by atoms with E-state index in [1.807, 2.05) is 19.2 Å². The molecule has 0 saturated carbocycles. The lowest BCUT2D eigenvalue weighted by Gasteiger charge is -2.00. The number of hydrogen-bond donors (Lipinski definition) is 0. The number of halogens is 2. The van der Waals surface area contributed by atoms with Crippen LogP contribution in [0.3, 0.4) is 0 Å². The molecule has 0 atom stereocenters. The van der Waals surface area contributed by atoms with Crippen LogP contribution >= 0.6 is 34.5 Å². The van der Waals surface area contributed by atoms with Crippen LogP contribution in [0.15, 0.2) is 5.38 Å². The molecule has 0 aliphatic heterocycles. The van der Waals surface area contributed by atoms with Crippen LogP contribution < -0.4 is 0 Å². The molecule has 0 aliphatic rings. The summed E-state index contributed by atoms with van der Waals surface area (Å²) in [5, 5.41) is 7.12. The first-order valence-corrected chi connectivity index (χ1v) is 7.00. The molecule has 2 heterocycles. The summed E-state index contributed by atoms with van der Waals surface area (Å²) in [6.07, 6.45) is 0.234. The fraction of sp³-hybridized carbons (Fsp3) is 0.333. The van der Waals surface area contributed by atoms with E-state index < -0.39 is 0 Å². The first-order valence-electron chi connectivity index (χ1n) is 5.36. The van der Waals surface area contributed by atoms with Crippen molar-refractivity contribution in [1.29, 1.82) is 0 Å². The third-order valence-corrected chi connectivity index (χ3v) is 4.97. The predicted octanol–water partition coefficient (Wildman–Crippen LogP) is 3.83. The molecular weight excluding hydrogens is 291 g/mol. The van der Waals surface area contributed by atoms with Crippen molar-refractivity contribution in [3.05, 3.63) is 37.3 Å². The van der Waals surface area contributed by atoms with E-state index in [9.17, 15) is 4.79 Å². The Kier molecular flexibility index (Phi) is 3.80. The Morgan fingerprint density at radius 3 is 2.56 bits per heavy atom. The van der Waals surface area contributed by atoms with Crippen molar-refractivity contribution in [3.63, 3.8) is 0 Å². The van der Waals surface area contributed by atoms with Crippen LogP contribution in [0, 0.1) is 13.8 Å². The summed E-state index contributed by atoms with van der Waals surface area (Å²) in [6, 6.07) is 0. The standard InChI is InChI=1S/C12H12Cl2N2OS/c1-6-5-18-11(10(6)13)9(17)4-8-7(2)15-16(3)12(8)14/h5H,4H2,1-3H3. The van der Waals surface area contributed by atoms with Crippen LogP contribution in [-0.2, 0) is 13.5 Å². The number of thiophene rings is 1. The predicted molar refractivity (Wildman–Crippen MR) is 75.1 cm³/mol. The molecule has 0 aliphatic carbocycles. The van der Waals surface area contributed by atoms with E-state index in [1.54, 1.807) is 11.7 Å². The maximum atomic E-state index is 12.2. The second-order valence-electron chi connectivity index (χ2n) is 4.14. The summed E-state index contributed by atoms with van der Waals surface area (Å²) < 4.78 is 1.57. The van der Waals surface area contributed by atoms with Crippen molar-refractivity contribution < 1.29 is 4.79 Å². The van der Waals surface area contributed by atoms with Crippen LogP contribution in [0.4, 0.5) is 0 Å². The number of nitrogens with zero attached hydrogens (tertiary/aromatic N) is 2. The van der Waals surface area contributed by atoms with E-state index in [1.165, 1.54) is 11.3 Å². The highest BCUT2D eigenvalue weighted by atomic mass is 35.5. The van der Waals surface area contributed by atoms with Gasteiger partial charge in [0, 0.05) is 19.0 Å². The summed E-state index contributed by atoms with van der Waals surface area (Å²) in [5.74, 6) is -0.0175. The van der Waals surface area contributed by atoms with E-state index in [0.717, 1.165) is 16.8 Å². The van der Waals surface area contributed by atoms with Crippen molar-refractivity contribution in [2.75, 3.05) is 0 Å². The number of aryl methyl sites for hydroxylation is 3. The zero-order valence-corrected chi connectivity index (χ0v) is 12.6. The van der Waals surface area contributed by atoms with E-state index >= 15 is 0 Å². The molecule has 6 heteroatoms. The zero-order chi connectivity index (χ0) is 13.4. The summed E-state index contributed by atoms with van der Waals surface area (Å²) in [5.41, 5.74) is 2.48. The Morgan fingerprint density at radius 2 is 2.11 bits per heavy atom. The Bertz CT molecular complexity index is 616. The molecule has 0 saturated heterocycles. The lowest BCUT2D eigenvalue weighted by atomic mass is 10.1. The maximum absolute atomic E-state index is 12.2. The van der Waals surface area contributed by atoms with Crippen LogP contribution in [0.5, 0.6) is 0 Å². The molecule has 2 rings (SSSR count). The first-order chi connectivity index (χ1) is 8.41. The SMILES string of the molecule is Cc1csc(C(=O)Cc2c(C)nn(C)c2Cl)c1Cl. The van der Waals surface area contributed by atoms with Crippen molar-refractivity contribution in [3.8, 4) is 0 Å². The van der Waals surface area contributed by atoms with Gasteiger partial charge in [-0.15, -0.1) is 11.3 Å². The monoisotopic (exact) mass is 302 g/mol. The van der Waals surface area contributed by atoms with Crippen molar-refractivity contribution in [2.24, 2.45) is 7.05 Å². The molecule has 0 bridgehead atoms. The summed E-state index contributed by atoms with van der Waals surface area (Å²) in [4.78, 5) is 12.8. The third-order valence-electron chi connectivity index (χ3n) is 2.76. The Labute approximate surface area is 119 Å². The van der Waals surface area contributed by atoms with E-state index in [4.69, 9.17) is 23.2 Å². The van der Waals surface area contributed by atoms with Gasteiger partial charge in [-0.2, -0.15) is 5.10 Å². The minimum atomic E-state index is -0.0175. The smallest absolute Gasteiger partial charge is 0.178 e. The maximum Gasteiger partial charge on any atom is 0.178 e. The average molecular weight is 303 g/mol. The van der Waals surface area contributed by atoms with Gasteiger partial charge in [0.15, 0.2) is 5.78 Å². The molecule has 3 nitrogen and oxygen atoms in total. The van der Waals surface area contributed by atoms with Crippen molar-refractivity contribution in [1.82, 2.24) is 9.78 Å². The number of carbonyl (C=O) groups is 1. The molecule has 18 heavy (non-hydrogen) atoms. The second kappa shape index (κ2) is 5.03. The van der Waals surface area contributed by atoms with Gasteiger partial charge in [0.1, 0.15) is 5.15 Å². The van der Waals surface area contributed by atoms with Gasteiger partial charge in [0.2, 0.25) is 0 Å². The van der Waals surface area contributed by atoms with E-state index in [0.29, 0.717) is 15.1 Å². The molecule has 0 aromatic carbocycles. The molecule has 0 amide bonds. The van der Waals surface area contributed by atoms with Crippen molar-refractivity contribution in [2.45, 2.75) is 20.3 Å². The van der Waals surface area contributed by atoms with Gasteiger partial charge in [-0.25, -0.2) is 0 Å². The van der Waals surface area contributed by atoms with Gasteiger partial charge in [0.05, 0.1) is 15.6 Å².